The van der Waals surface area contributed by atoms with Gasteiger partial charge in [0.2, 0.25) is 0 Å². The van der Waals surface area contributed by atoms with E-state index in [1.54, 1.807) is 0 Å². The molecule has 0 aliphatic rings. The largest absolute Gasteiger partial charge is 0.304 e. The maximum Gasteiger partial charge on any atom is 0.00355 e. The zero-order chi connectivity index (χ0) is 18.6. The molecule has 0 fully saturated rings. The van der Waals surface area contributed by atoms with Crippen LogP contribution in [0.15, 0.2) is 0 Å². The molecule has 0 aliphatic carbocycles. The second-order valence-corrected chi connectivity index (χ2v) is 8.58. The van der Waals surface area contributed by atoms with Gasteiger partial charge in [-0.15, -0.1) is 0 Å². The van der Waals surface area contributed by atoms with Gasteiger partial charge in [-0.2, -0.15) is 0 Å². The van der Waals surface area contributed by atoms with Crippen LogP contribution in [0, 0.1) is 0 Å². The minimum absolute atomic E-state index is 0.700. The molecule has 0 spiro atoms. The lowest BCUT2D eigenvalue weighted by molar-refractivity contribution is 0.267. The van der Waals surface area contributed by atoms with Crippen molar-refractivity contribution in [1.29, 1.82) is 0 Å². The number of unbranched alkanes of at least 4 members (excludes halogenated alkanes) is 17. The van der Waals surface area contributed by atoms with Crippen LogP contribution in [0.5, 0.6) is 0 Å². The van der Waals surface area contributed by atoms with E-state index in [-0.39, 0.29) is 0 Å². The molecule has 152 valence electrons. The number of hydrogen-bond donors (Lipinski definition) is 0. The maximum atomic E-state index is 2.46. The van der Waals surface area contributed by atoms with Crippen LogP contribution in [0.2, 0.25) is 0 Å². The number of nitrogens with zero attached hydrogens (tertiary/aromatic N) is 1. The molecule has 1 heteroatoms. The van der Waals surface area contributed by atoms with Crippen LogP contribution < -0.4 is 0 Å². The highest BCUT2D eigenvalue weighted by Gasteiger charge is 2.01. The van der Waals surface area contributed by atoms with Crippen molar-refractivity contribution in [1.82, 2.24) is 4.90 Å². The molecule has 0 bridgehead atoms. The summed E-state index contributed by atoms with van der Waals surface area (Å²) in [5.74, 6) is 0. The van der Waals surface area contributed by atoms with Crippen LogP contribution in [0.25, 0.3) is 0 Å². The predicted octanol–water partition coefficient (Wildman–Crippen LogP) is 8.37. The van der Waals surface area contributed by atoms with E-state index in [9.17, 15) is 0 Å². The second-order valence-electron chi connectivity index (χ2n) is 8.58. The summed E-state index contributed by atoms with van der Waals surface area (Å²) >= 11 is 0. The van der Waals surface area contributed by atoms with Gasteiger partial charge in [0, 0.05) is 6.04 Å². The molecule has 0 unspecified atom stereocenters. The third kappa shape index (κ3) is 20.1. The van der Waals surface area contributed by atoms with Crippen molar-refractivity contribution in [2.75, 3.05) is 13.6 Å². The lowest BCUT2D eigenvalue weighted by atomic mass is 10.0. The van der Waals surface area contributed by atoms with Crippen molar-refractivity contribution in [3.05, 3.63) is 0 Å². The summed E-state index contributed by atoms with van der Waals surface area (Å²) < 4.78 is 0. The zero-order valence-electron chi connectivity index (χ0n) is 18.5. The van der Waals surface area contributed by atoms with Crippen molar-refractivity contribution in [2.45, 2.75) is 142 Å². The van der Waals surface area contributed by atoms with Crippen LogP contribution in [0.1, 0.15) is 136 Å². The highest BCUT2D eigenvalue weighted by atomic mass is 15.1. The first-order chi connectivity index (χ1) is 12.2. The Morgan fingerprint density at radius 3 is 1.04 bits per heavy atom. The summed E-state index contributed by atoms with van der Waals surface area (Å²) in [6, 6.07) is 0.700. The van der Waals surface area contributed by atoms with Crippen molar-refractivity contribution in [2.24, 2.45) is 0 Å². The van der Waals surface area contributed by atoms with Crippen molar-refractivity contribution in [3.63, 3.8) is 0 Å². The van der Waals surface area contributed by atoms with Crippen molar-refractivity contribution >= 4 is 0 Å². The monoisotopic (exact) mass is 353 g/mol. The van der Waals surface area contributed by atoms with Crippen molar-refractivity contribution in [3.8, 4) is 0 Å². The summed E-state index contributed by atoms with van der Waals surface area (Å²) in [5, 5.41) is 0. The molecule has 0 radical (unpaired) electrons. The SMILES string of the molecule is CCCCCCCCCCCCCCCCCCCCN(C)C(C)C. The molecule has 0 aromatic carbocycles. The Bertz CT molecular complexity index is 236. The Labute approximate surface area is 161 Å². The summed E-state index contributed by atoms with van der Waals surface area (Å²) in [4.78, 5) is 2.46. The van der Waals surface area contributed by atoms with Crippen LogP contribution in [-0.4, -0.2) is 24.5 Å². The van der Waals surface area contributed by atoms with E-state index < -0.39 is 0 Å². The molecule has 25 heavy (non-hydrogen) atoms. The third-order valence-electron chi connectivity index (χ3n) is 5.75. The van der Waals surface area contributed by atoms with E-state index in [4.69, 9.17) is 0 Å². The van der Waals surface area contributed by atoms with Gasteiger partial charge >= 0.3 is 0 Å². The Morgan fingerprint density at radius 1 is 0.480 bits per heavy atom. The van der Waals surface area contributed by atoms with Crippen LogP contribution in [0.3, 0.4) is 0 Å². The lowest BCUT2D eigenvalue weighted by Crippen LogP contribution is -2.27. The number of hydrogen-bond acceptors (Lipinski definition) is 1. The minimum Gasteiger partial charge on any atom is -0.304 e. The topological polar surface area (TPSA) is 3.24 Å². The highest BCUT2D eigenvalue weighted by Crippen LogP contribution is 2.14. The van der Waals surface area contributed by atoms with Crippen molar-refractivity contribution < 1.29 is 0 Å². The fourth-order valence-corrected chi connectivity index (χ4v) is 3.52. The zero-order valence-corrected chi connectivity index (χ0v) is 18.5. The Morgan fingerprint density at radius 2 is 0.760 bits per heavy atom. The van der Waals surface area contributed by atoms with Crippen LogP contribution >= 0.6 is 0 Å². The minimum atomic E-state index is 0.700. The molecule has 0 heterocycles. The molecule has 0 aromatic rings. The fraction of sp³-hybridized carbons (Fsp3) is 1.00. The average molecular weight is 354 g/mol. The van der Waals surface area contributed by atoms with Crippen LogP contribution in [0.4, 0.5) is 0 Å². The van der Waals surface area contributed by atoms with Gasteiger partial charge in [-0.3, -0.25) is 0 Å². The van der Waals surface area contributed by atoms with Gasteiger partial charge < -0.3 is 4.90 Å². The van der Waals surface area contributed by atoms with E-state index in [0.29, 0.717) is 6.04 Å². The van der Waals surface area contributed by atoms with E-state index in [0.717, 1.165) is 0 Å². The van der Waals surface area contributed by atoms with Gasteiger partial charge in [0.1, 0.15) is 0 Å². The maximum absolute atomic E-state index is 2.46. The molecule has 0 saturated carbocycles. The Kier molecular flexibility index (Phi) is 20.2. The van der Waals surface area contributed by atoms with E-state index in [1.165, 1.54) is 122 Å². The fourth-order valence-electron chi connectivity index (χ4n) is 3.52. The number of rotatable bonds is 20. The summed E-state index contributed by atoms with van der Waals surface area (Å²) in [5.41, 5.74) is 0. The smallest absolute Gasteiger partial charge is 0.00355 e. The molecule has 0 atom stereocenters. The Hall–Kier alpha value is -0.0400. The summed E-state index contributed by atoms with van der Waals surface area (Å²) in [7, 11) is 2.25. The first kappa shape index (κ1) is 25.0. The first-order valence-electron chi connectivity index (χ1n) is 11.9. The quantitative estimate of drug-likeness (QED) is 0.199. The standard InChI is InChI=1S/C24H51N/c1-5-6-7-8-9-10-11-12-13-14-15-16-17-18-19-20-21-22-23-25(4)24(2)3/h24H,5-23H2,1-4H3. The average Bonchev–Trinajstić information content (AvgIpc) is 2.60. The molecule has 0 rings (SSSR count). The van der Waals surface area contributed by atoms with E-state index in [1.807, 2.05) is 0 Å². The third-order valence-corrected chi connectivity index (χ3v) is 5.75. The molecule has 0 aliphatic heterocycles. The highest BCUT2D eigenvalue weighted by molar-refractivity contribution is 4.57. The van der Waals surface area contributed by atoms with Gasteiger partial charge in [0.25, 0.3) is 0 Å². The van der Waals surface area contributed by atoms with Gasteiger partial charge in [0.15, 0.2) is 0 Å². The molecule has 1 nitrogen and oxygen atoms in total. The van der Waals surface area contributed by atoms with Gasteiger partial charge in [-0.25, -0.2) is 0 Å². The van der Waals surface area contributed by atoms with Gasteiger partial charge in [-0.1, -0.05) is 116 Å². The first-order valence-corrected chi connectivity index (χ1v) is 11.9. The normalized spacial score (nSPS) is 11.8. The lowest BCUT2D eigenvalue weighted by Gasteiger charge is -2.20. The van der Waals surface area contributed by atoms with E-state index >= 15 is 0 Å². The molecule has 0 amide bonds. The Balaban J connectivity index is 3.03. The van der Waals surface area contributed by atoms with Crippen LogP contribution in [-0.2, 0) is 0 Å². The molecular weight excluding hydrogens is 302 g/mol. The predicted molar refractivity (Wildman–Crippen MR) is 117 cm³/mol. The molecule has 0 saturated heterocycles. The summed E-state index contributed by atoms with van der Waals surface area (Å²) in [6.07, 6.45) is 26.3. The van der Waals surface area contributed by atoms with Gasteiger partial charge in [0.05, 0.1) is 0 Å². The molecule has 0 aromatic heterocycles. The molecular formula is C24H51N. The van der Waals surface area contributed by atoms with Gasteiger partial charge in [-0.05, 0) is 33.9 Å². The van der Waals surface area contributed by atoms with E-state index in [2.05, 4.69) is 32.7 Å². The molecule has 0 N–H and O–H groups in total. The second kappa shape index (κ2) is 20.3. The summed E-state index contributed by atoms with van der Waals surface area (Å²) in [6.45, 7) is 8.15.